The third-order valence-electron chi connectivity index (χ3n) is 5.27. The van der Waals surface area contributed by atoms with Crippen molar-refractivity contribution in [3.8, 4) is 0 Å². The van der Waals surface area contributed by atoms with E-state index in [9.17, 15) is 0 Å². The summed E-state index contributed by atoms with van der Waals surface area (Å²) in [6.07, 6.45) is 9.24. The Morgan fingerprint density at radius 3 is 2.71 bits per heavy atom. The number of nitrogens with two attached hydrogens (primary N) is 1. The van der Waals surface area contributed by atoms with Crippen molar-refractivity contribution < 1.29 is 0 Å². The monoisotopic (exact) mass is 397 g/mol. The van der Waals surface area contributed by atoms with Crippen LogP contribution < -0.4 is 11.1 Å². The average molecular weight is 397 g/mol. The lowest BCUT2D eigenvalue weighted by molar-refractivity contribution is 0.454. The fourth-order valence-electron chi connectivity index (χ4n) is 3.63. The van der Waals surface area contributed by atoms with Gasteiger partial charge in [-0.1, -0.05) is 6.07 Å². The topological polar surface area (TPSA) is 50.4 Å². The van der Waals surface area contributed by atoms with Crippen LogP contribution in [0.25, 0.3) is 0 Å². The molecule has 3 aliphatic carbocycles. The Balaban J connectivity index is 0.00000132. The van der Waals surface area contributed by atoms with Crippen LogP contribution in [0.15, 0.2) is 23.2 Å². The Morgan fingerprint density at radius 2 is 2.00 bits per heavy atom. The molecule has 3 aliphatic rings. The molecule has 0 bridgehead atoms. The highest BCUT2D eigenvalue weighted by Crippen LogP contribution is 2.61. The van der Waals surface area contributed by atoms with Gasteiger partial charge in [0.2, 0.25) is 0 Å². The van der Waals surface area contributed by atoms with Gasteiger partial charge in [0.15, 0.2) is 5.96 Å². The predicted molar refractivity (Wildman–Crippen MR) is 98.4 cm³/mol. The third kappa shape index (κ3) is 3.20. The van der Waals surface area contributed by atoms with Gasteiger partial charge in [-0.15, -0.1) is 24.0 Å². The second-order valence-electron chi connectivity index (χ2n) is 6.80. The summed E-state index contributed by atoms with van der Waals surface area (Å²) in [7, 11) is 0. The van der Waals surface area contributed by atoms with Gasteiger partial charge in [0.1, 0.15) is 0 Å². The van der Waals surface area contributed by atoms with E-state index in [-0.39, 0.29) is 24.0 Å². The molecule has 0 aliphatic heterocycles. The molecule has 1 aromatic rings. The number of halogens is 1. The highest BCUT2D eigenvalue weighted by atomic mass is 127. The Morgan fingerprint density at radius 1 is 1.24 bits per heavy atom. The van der Waals surface area contributed by atoms with Gasteiger partial charge >= 0.3 is 0 Å². The molecule has 1 aromatic carbocycles. The van der Waals surface area contributed by atoms with Gasteiger partial charge < -0.3 is 11.1 Å². The summed E-state index contributed by atoms with van der Waals surface area (Å²) >= 11 is 0. The van der Waals surface area contributed by atoms with Crippen LogP contribution in [0, 0.1) is 11.3 Å². The molecule has 21 heavy (non-hydrogen) atoms. The minimum absolute atomic E-state index is 0. The lowest BCUT2D eigenvalue weighted by atomic mass is 10.0. The number of nitrogens with one attached hydrogen (secondary N) is 1. The predicted octanol–water partition coefficient (Wildman–Crippen LogP) is 3.71. The van der Waals surface area contributed by atoms with Crippen LogP contribution in [0.3, 0.4) is 0 Å². The molecule has 0 unspecified atom stereocenters. The minimum atomic E-state index is 0. The highest BCUT2D eigenvalue weighted by Gasteiger charge is 2.53. The quantitative estimate of drug-likeness (QED) is 0.462. The molecule has 0 saturated heterocycles. The first-order chi connectivity index (χ1) is 9.75. The van der Waals surface area contributed by atoms with Gasteiger partial charge in [-0.25, -0.2) is 0 Å². The summed E-state index contributed by atoms with van der Waals surface area (Å²) in [5.74, 6) is 1.52. The lowest BCUT2D eigenvalue weighted by Crippen LogP contribution is -2.24. The fraction of sp³-hybridized carbons (Fsp3) is 0.588. The third-order valence-corrected chi connectivity index (χ3v) is 5.27. The number of rotatable bonds is 4. The van der Waals surface area contributed by atoms with Crippen LogP contribution in [-0.2, 0) is 12.8 Å². The van der Waals surface area contributed by atoms with Gasteiger partial charge in [0.05, 0.1) is 0 Å². The maximum atomic E-state index is 6.05. The number of aliphatic imine (C=N–C) groups is 1. The minimum Gasteiger partial charge on any atom is -0.370 e. The Labute approximate surface area is 143 Å². The first kappa shape index (κ1) is 15.1. The van der Waals surface area contributed by atoms with E-state index in [1.807, 2.05) is 0 Å². The standard InChI is InChI=1S/C17H23N3.HI/c18-16(19-11-17(8-9-17)14-5-6-14)20-15-7-4-12-2-1-3-13(12)10-15;/h4,7,10,14H,1-3,5-6,8-9,11H2,(H3,18,19,20);1H. The van der Waals surface area contributed by atoms with Crippen molar-refractivity contribution >= 4 is 35.6 Å². The number of hydrogen-bond donors (Lipinski definition) is 2. The van der Waals surface area contributed by atoms with E-state index in [4.69, 9.17) is 5.73 Å². The average Bonchev–Trinajstić information content (AvgIpc) is 3.33. The summed E-state index contributed by atoms with van der Waals surface area (Å²) in [4.78, 5) is 4.59. The van der Waals surface area contributed by atoms with E-state index >= 15 is 0 Å². The Kier molecular flexibility index (Phi) is 4.17. The molecule has 0 radical (unpaired) electrons. The molecule has 2 saturated carbocycles. The molecule has 3 N–H and O–H groups in total. The molecule has 2 fully saturated rings. The number of nitrogens with zero attached hydrogens (tertiary/aromatic N) is 1. The molecule has 0 aromatic heterocycles. The number of anilines is 1. The van der Waals surface area contributed by atoms with Crippen LogP contribution >= 0.6 is 24.0 Å². The number of fused-ring (bicyclic) bond motifs is 1. The second-order valence-corrected chi connectivity index (χ2v) is 6.80. The molecule has 4 rings (SSSR count). The van der Waals surface area contributed by atoms with Crippen LogP contribution in [-0.4, -0.2) is 12.5 Å². The van der Waals surface area contributed by atoms with Crippen molar-refractivity contribution in [2.75, 3.05) is 11.9 Å². The molecule has 4 heteroatoms. The normalized spacial score (nSPS) is 22.4. The smallest absolute Gasteiger partial charge is 0.193 e. The zero-order chi connectivity index (χ0) is 13.6. The van der Waals surface area contributed by atoms with Crippen molar-refractivity contribution in [1.82, 2.24) is 0 Å². The maximum Gasteiger partial charge on any atom is 0.193 e. The van der Waals surface area contributed by atoms with Crippen molar-refractivity contribution in [3.05, 3.63) is 29.3 Å². The molecular weight excluding hydrogens is 373 g/mol. The molecule has 3 nitrogen and oxygen atoms in total. The first-order valence-corrected chi connectivity index (χ1v) is 7.94. The maximum absolute atomic E-state index is 6.05. The zero-order valence-electron chi connectivity index (χ0n) is 12.4. The Bertz CT molecular complexity index is 559. The summed E-state index contributed by atoms with van der Waals surface area (Å²) in [5.41, 5.74) is 10.6. The highest BCUT2D eigenvalue weighted by molar-refractivity contribution is 14.0. The van der Waals surface area contributed by atoms with Crippen molar-refractivity contribution in [2.24, 2.45) is 22.1 Å². The van der Waals surface area contributed by atoms with E-state index in [1.165, 1.54) is 56.1 Å². The molecule has 114 valence electrons. The Hall–Kier alpha value is -0.780. The number of aryl methyl sites for hydroxylation is 2. The van der Waals surface area contributed by atoms with Gasteiger partial charge in [0.25, 0.3) is 0 Å². The van der Waals surface area contributed by atoms with Crippen molar-refractivity contribution in [3.63, 3.8) is 0 Å². The van der Waals surface area contributed by atoms with Crippen LogP contribution in [0.5, 0.6) is 0 Å². The molecule has 0 atom stereocenters. The van der Waals surface area contributed by atoms with E-state index in [2.05, 4.69) is 28.5 Å². The van der Waals surface area contributed by atoms with Crippen LogP contribution in [0.4, 0.5) is 5.69 Å². The van der Waals surface area contributed by atoms with Gasteiger partial charge in [-0.2, -0.15) is 0 Å². The molecule has 0 amide bonds. The van der Waals surface area contributed by atoms with E-state index in [1.54, 1.807) is 0 Å². The van der Waals surface area contributed by atoms with E-state index < -0.39 is 0 Å². The summed E-state index contributed by atoms with van der Waals surface area (Å²) in [6, 6.07) is 6.59. The number of hydrogen-bond acceptors (Lipinski definition) is 1. The number of guanidine groups is 1. The zero-order valence-corrected chi connectivity index (χ0v) is 14.7. The van der Waals surface area contributed by atoms with Crippen LogP contribution in [0.1, 0.15) is 43.2 Å². The SMILES string of the molecule is I.NC(=NCC1(C2CC2)CC1)Nc1ccc2c(c1)CCC2. The molecule has 0 spiro atoms. The molecular formula is C17H24IN3. The summed E-state index contributed by atoms with van der Waals surface area (Å²) in [5, 5.41) is 3.26. The number of benzene rings is 1. The fourth-order valence-corrected chi connectivity index (χ4v) is 3.63. The largest absolute Gasteiger partial charge is 0.370 e. The first-order valence-electron chi connectivity index (χ1n) is 7.94. The van der Waals surface area contributed by atoms with Crippen LogP contribution in [0.2, 0.25) is 0 Å². The van der Waals surface area contributed by atoms with E-state index in [0.717, 1.165) is 18.2 Å². The molecule has 0 heterocycles. The van der Waals surface area contributed by atoms with Crippen molar-refractivity contribution in [1.29, 1.82) is 0 Å². The van der Waals surface area contributed by atoms with Crippen molar-refractivity contribution in [2.45, 2.75) is 44.9 Å². The summed E-state index contributed by atoms with van der Waals surface area (Å²) < 4.78 is 0. The van der Waals surface area contributed by atoms with Gasteiger partial charge in [0, 0.05) is 12.2 Å². The van der Waals surface area contributed by atoms with Gasteiger partial charge in [-0.05, 0) is 79.5 Å². The van der Waals surface area contributed by atoms with Gasteiger partial charge in [-0.3, -0.25) is 4.99 Å². The summed E-state index contributed by atoms with van der Waals surface area (Å²) in [6.45, 7) is 0.918. The lowest BCUT2D eigenvalue weighted by Gasteiger charge is -2.12. The van der Waals surface area contributed by atoms with E-state index in [0.29, 0.717) is 11.4 Å². The second kappa shape index (κ2) is 5.78.